The molecular weight excluding hydrogens is 477 g/mol. The molecule has 5 nitrogen and oxygen atoms in total. The summed E-state index contributed by atoms with van der Waals surface area (Å²) in [5.74, 6) is 0.0423. The number of pyridine rings is 1. The number of aryl methyl sites for hydroxylation is 1. The van der Waals surface area contributed by atoms with Crippen LogP contribution in [0, 0.1) is 12.7 Å². The zero-order valence-electron chi connectivity index (χ0n) is 21.2. The monoisotopic (exact) mass is 509 g/mol. The summed E-state index contributed by atoms with van der Waals surface area (Å²) in [7, 11) is 3.63. The largest absolute Gasteiger partial charge is 0.492 e. The van der Waals surface area contributed by atoms with Gasteiger partial charge in [0.15, 0.2) is 17.0 Å². The molecule has 0 unspecified atom stereocenters. The molecule has 5 rings (SSSR count). The van der Waals surface area contributed by atoms with Gasteiger partial charge in [-0.25, -0.2) is 4.39 Å². The number of ether oxygens (including phenoxy) is 1. The Morgan fingerprint density at radius 3 is 2.53 bits per heavy atom. The molecule has 36 heavy (non-hydrogen) atoms. The Hall–Kier alpha value is -2.83. The summed E-state index contributed by atoms with van der Waals surface area (Å²) in [5.41, 5.74) is 4.11. The van der Waals surface area contributed by atoms with Crippen LogP contribution in [0.1, 0.15) is 42.9 Å². The fraction of sp³-hybridized carbons (Fsp3) is 0.414. The van der Waals surface area contributed by atoms with Crippen LogP contribution in [0.3, 0.4) is 0 Å². The first-order valence-corrected chi connectivity index (χ1v) is 13.0. The number of piperidine rings is 1. The molecule has 0 radical (unpaired) electrons. The lowest BCUT2D eigenvalue weighted by Gasteiger charge is -2.33. The minimum absolute atomic E-state index is 0.138. The number of anilines is 1. The smallest absolute Gasteiger partial charge is 0.192 e. The van der Waals surface area contributed by atoms with Crippen molar-refractivity contribution in [2.75, 3.05) is 38.7 Å². The van der Waals surface area contributed by atoms with Gasteiger partial charge in [0.1, 0.15) is 5.69 Å². The fourth-order valence-corrected chi connectivity index (χ4v) is 5.67. The highest BCUT2D eigenvalue weighted by Gasteiger charge is 2.30. The van der Waals surface area contributed by atoms with Crippen molar-refractivity contribution in [3.63, 3.8) is 0 Å². The van der Waals surface area contributed by atoms with Crippen LogP contribution in [0.15, 0.2) is 58.0 Å². The standard InChI is InChI=1S/C29H33ClFN3O2/c1-19-16-34(22-9-10-22)26-23(28(19)35)15-25(31)27(29(26)36-3)33-13-11-21(12-14-33)24(30)18-32(2)17-20-7-5-4-6-8-20/h4-8,15-16,22H,9-14,17-18H2,1-3H3. The van der Waals surface area contributed by atoms with Crippen molar-refractivity contribution >= 4 is 28.2 Å². The number of likely N-dealkylation sites (N-methyl/N-ethyl adjacent to an activating group) is 1. The van der Waals surface area contributed by atoms with Crippen molar-refractivity contribution in [3.05, 3.63) is 80.4 Å². The first kappa shape index (κ1) is 24.8. The van der Waals surface area contributed by atoms with E-state index in [1.807, 2.05) is 29.3 Å². The maximum absolute atomic E-state index is 15.5. The van der Waals surface area contributed by atoms with Gasteiger partial charge >= 0.3 is 0 Å². The summed E-state index contributed by atoms with van der Waals surface area (Å²) in [6, 6.07) is 12.1. The second-order valence-corrected chi connectivity index (χ2v) is 10.5. The Morgan fingerprint density at radius 2 is 1.89 bits per heavy atom. The third kappa shape index (κ3) is 4.89. The minimum Gasteiger partial charge on any atom is -0.492 e. The van der Waals surface area contributed by atoms with Crippen molar-refractivity contribution in [2.24, 2.45) is 0 Å². The summed E-state index contributed by atoms with van der Waals surface area (Å²) in [6.07, 6.45) is 5.55. The quantitative estimate of drug-likeness (QED) is 0.390. The number of nitrogens with zero attached hydrogens (tertiary/aromatic N) is 3. The number of benzene rings is 2. The van der Waals surface area contributed by atoms with Crippen LogP contribution >= 0.6 is 11.6 Å². The second kappa shape index (κ2) is 10.3. The molecule has 0 bridgehead atoms. The Morgan fingerprint density at radius 1 is 1.19 bits per heavy atom. The lowest BCUT2D eigenvalue weighted by Crippen LogP contribution is -2.33. The molecule has 2 fully saturated rings. The summed E-state index contributed by atoms with van der Waals surface area (Å²) < 4.78 is 23.4. The van der Waals surface area contributed by atoms with Gasteiger partial charge in [-0.15, -0.1) is 0 Å². The number of halogens is 2. The molecule has 3 aromatic rings. The number of hydrogen-bond donors (Lipinski definition) is 0. The number of hydrogen-bond acceptors (Lipinski definition) is 4. The van der Waals surface area contributed by atoms with Crippen LogP contribution in [0.25, 0.3) is 10.9 Å². The van der Waals surface area contributed by atoms with Crippen LogP contribution in [0.4, 0.5) is 10.1 Å². The van der Waals surface area contributed by atoms with E-state index in [2.05, 4.69) is 28.6 Å². The lowest BCUT2D eigenvalue weighted by molar-refractivity contribution is 0.359. The van der Waals surface area contributed by atoms with Crippen molar-refractivity contribution in [1.82, 2.24) is 9.47 Å². The molecule has 1 saturated carbocycles. The Labute approximate surface area is 216 Å². The van der Waals surface area contributed by atoms with E-state index >= 15 is 4.39 Å². The number of methoxy groups -OCH3 is 1. The highest BCUT2D eigenvalue weighted by atomic mass is 35.5. The van der Waals surface area contributed by atoms with Gasteiger partial charge in [-0.05, 0) is 51.3 Å². The number of aromatic nitrogens is 1. The van der Waals surface area contributed by atoms with Gasteiger partial charge in [-0.1, -0.05) is 47.5 Å². The maximum atomic E-state index is 15.5. The van der Waals surface area contributed by atoms with Crippen LogP contribution in [-0.4, -0.2) is 43.3 Å². The molecule has 2 aromatic carbocycles. The summed E-state index contributed by atoms with van der Waals surface area (Å²) in [5, 5.41) is 1.26. The van der Waals surface area contributed by atoms with E-state index in [1.54, 1.807) is 14.0 Å². The highest BCUT2D eigenvalue weighted by molar-refractivity contribution is 6.30. The van der Waals surface area contributed by atoms with E-state index in [0.29, 0.717) is 53.6 Å². The van der Waals surface area contributed by atoms with Crippen molar-refractivity contribution in [2.45, 2.75) is 45.2 Å². The van der Waals surface area contributed by atoms with E-state index in [1.165, 1.54) is 17.2 Å². The Balaban J connectivity index is 1.38. The first-order valence-electron chi connectivity index (χ1n) is 12.6. The molecular formula is C29H33ClFN3O2. The normalized spacial score (nSPS) is 16.2. The molecule has 1 aliphatic carbocycles. The van der Waals surface area contributed by atoms with Gasteiger partial charge in [0, 0.05) is 49.0 Å². The van der Waals surface area contributed by atoms with Crippen LogP contribution in [-0.2, 0) is 6.54 Å². The van der Waals surface area contributed by atoms with E-state index in [9.17, 15) is 4.79 Å². The van der Waals surface area contributed by atoms with Gasteiger partial charge < -0.3 is 14.2 Å². The van der Waals surface area contributed by atoms with Crippen molar-refractivity contribution < 1.29 is 9.13 Å². The zero-order chi connectivity index (χ0) is 25.4. The summed E-state index contributed by atoms with van der Waals surface area (Å²) in [6.45, 7) is 4.60. The van der Waals surface area contributed by atoms with Crippen LogP contribution in [0.5, 0.6) is 5.75 Å². The summed E-state index contributed by atoms with van der Waals surface area (Å²) >= 11 is 6.76. The molecule has 1 aliphatic heterocycles. The van der Waals surface area contributed by atoms with Gasteiger partial charge in [0.05, 0.1) is 18.0 Å². The Kier molecular flexibility index (Phi) is 7.09. The SMILES string of the molecule is COc1c(N2CCC(=C(Cl)CN(C)Cc3ccccc3)CC2)c(F)cc2c(=O)c(C)cn(C3CC3)c12. The number of fused-ring (bicyclic) bond motifs is 1. The van der Waals surface area contributed by atoms with Gasteiger partial charge in [-0.2, -0.15) is 0 Å². The number of rotatable bonds is 7. The van der Waals surface area contributed by atoms with E-state index in [4.69, 9.17) is 16.3 Å². The first-order chi connectivity index (χ1) is 17.4. The Bertz CT molecular complexity index is 1350. The predicted molar refractivity (Wildman–Crippen MR) is 145 cm³/mol. The molecule has 0 amide bonds. The second-order valence-electron chi connectivity index (χ2n) is 10.1. The summed E-state index contributed by atoms with van der Waals surface area (Å²) in [4.78, 5) is 17.1. The molecule has 2 heterocycles. The van der Waals surface area contributed by atoms with Gasteiger partial charge in [0.2, 0.25) is 0 Å². The molecule has 1 saturated heterocycles. The lowest BCUT2D eigenvalue weighted by atomic mass is 10.0. The van der Waals surface area contributed by atoms with Gasteiger partial charge in [0.25, 0.3) is 0 Å². The molecule has 1 aromatic heterocycles. The van der Waals surface area contributed by atoms with Crippen LogP contribution < -0.4 is 15.1 Å². The van der Waals surface area contributed by atoms with E-state index in [0.717, 1.165) is 37.3 Å². The molecule has 2 aliphatic rings. The van der Waals surface area contributed by atoms with Gasteiger partial charge in [-0.3, -0.25) is 9.69 Å². The van der Waals surface area contributed by atoms with Crippen LogP contribution in [0.2, 0.25) is 0 Å². The zero-order valence-corrected chi connectivity index (χ0v) is 21.9. The van der Waals surface area contributed by atoms with Crippen molar-refractivity contribution in [1.29, 1.82) is 0 Å². The van der Waals surface area contributed by atoms with E-state index < -0.39 is 5.82 Å². The molecule has 190 valence electrons. The van der Waals surface area contributed by atoms with Crippen molar-refractivity contribution in [3.8, 4) is 5.75 Å². The minimum atomic E-state index is -0.412. The maximum Gasteiger partial charge on any atom is 0.192 e. The topological polar surface area (TPSA) is 37.7 Å². The third-order valence-electron chi connectivity index (χ3n) is 7.29. The molecule has 0 N–H and O–H groups in total. The average molecular weight is 510 g/mol. The third-order valence-corrected chi connectivity index (χ3v) is 7.68. The molecule has 0 spiro atoms. The molecule has 0 atom stereocenters. The average Bonchev–Trinajstić information content (AvgIpc) is 3.72. The highest BCUT2D eigenvalue weighted by Crippen LogP contribution is 2.44. The fourth-order valence-electron chi connectivity index (χ4n) is 5.28. The van der Waals surface area contributed by atoms with E-state index in [-0.39, 0.29) is 5.43 Å². The molecule has 7 heteroatoms. The predicted octanol–water partition coefficient (Wildman–Crippen LogP) is 6.02.